The lowest BCUT2D eigenvalue weighted by Gasteiger charge is -2.13. The summed E-state index contributed by atoms with van der Waals surface area (Å²) in [6, 6.07) is 8.09. The van der Waals surface area contributed by atoms with Gasteiger partial charge in [0.25, 0.3) is 0 Å². The van der Waals surface area contributed by atoms with Gasteiger partial charge in [-0.15, -0.1) is 40.8 Å². The molecule has 1 saturated carbocycles. The molecule has 0 aliphatic heterocycles. The van der Waals surface area contributed by atoms with Crippen molar-refractivity contribution in [3.05, 3.63) is 54.1 Å². The Kier molecular flexibility index (Phi) is 8.75. The first-order chi connectivity index (χ1) is 13.2. The minimum atomic E-state index is 0. The molecule has 28 heavy (non-hydrogen) atoms. The normalized spacial score (nSPS) is 13.6. The van der Waals surface area contributed by atoms with Gasteiger partial charge in [0.05, 0.1) is 19.7 Å². The SMILES string of the molecule is C=CCNC(=NCc1ccccc1OCC1CC1)NCc1nnc(C)n1C.I. The van der Waals surface area contributed by atoms with E-state index in [1.165, 1.54) is 12.8 Å². The van der Waals surface area contributed by atoms with Crippen molar-refractivity contribution < 1.29 is 4.74 Å². The van der Waals surface area contributed by atoms with E-state index in [0.29, 0.717) is 25.6 Å². The molecule has 152 valence electrons. The van der Waals surface area contributed by atoms with Crippen LogP contribution >= 0.6 is 24.0 Å². The molecule has 0 amide bonds. The zero-order valence-corrected chi connectivity index (χ0v) is 18.8. The van der Waals surface area contributed by atoms with Gasteiger partial charge in [0, 0.05) is 19.2 Å². The van der Waals surface area contributed by atoms with Crippen LogP contribution in [-0.2, 0) is 20.1 Å². The monoisotopic (exact) mass is 496 g/mol. The van der Waals surface area contributed by atoms with Gasteiger partial charge in [-0.1, -0.05) is 24.3 Å². The number of nitrogens with zero attached hydrogens (tertiary/aromatic N) is 4. The molecule has 0 spiro atoms. The molecule has 2 aromatic rings. The fraction of sp³-hybridized carbons (Fsp3) is 0.450. The van der Waals surface area contributed by atoms with Crippen molar-refractivity contribution in [2.45, 2.75) is 32.9 Å². The Labute approximate surface area is 183 Å². The van der Waals surface area contributed by atoms with Crippen LogP contribution in [0.1, 0.15) is 30.1 Å². The van der Waals surface area contributed by atoms with Crippen LogP contribution in [-0.4, -0.2) is 33.9 Å². The number of aromatic nitrogens is 3. The van der Waals surface area contributed by atoms with E-state index in [0.717, 1.165) is 35.5 Å². The highest BCUT2D eigenvalue weighted by Crippen LogP contribution is 2.30. The molecule has 1 aliphatic rings. The molecule has 8 heteroatoms. The summed E-state index contributed by atoms with van der Waals surface area (Å²) in [5, 5.41) is 14.8. The number of benzene rings is 1. The van der Waals surface area contributed by atoms with E-state index < -0.39 is 0 Å². The van der Waals surface area contributed by atoms with E-state index in [1.807, 2.05) is 36.7 Å². The molecule has 0 radical (unpaired) electrons. The summed E-state index contributed by atoms with van der Waals surface area (Å²) in [7, 11) is 1.95. The van der Waals surface area contributed by atoms with Crippen molar-refractivity contribution >= 4 is 29.9 Å². The molecule has 1 fully saturated rings. The van der Waals surface area contributed by atoms with Crippen molar-refractivity contribution in [1.82, 2.24) is 25.4 Å². The first kappa shape index (κ1) is 22.2. The fourth-order valence-electron chi connectivity index (χ4n) is 2.54. The lowest BCUT2D eigenvalue weighted by atomic mass is 10.2. The number of ether oxygens (including phenoxy) is 1. The molecule has 1 aliphatic carbocycles. The predicted molar refractivity (Wildman–Crippen MR) is 122 cm³/mol. The van der Waals surface area contributed by atoms with Crippen molar-refractivity contribution in [2.24, 2.45) is 18.0 Å². The van der Waals surface area contributed by atoms with E-state index in [9.17, 15) is 0 Å². The zero-order chi connectivity index (χ0) is 19.1. The number of halogens is 1. The number of guanidine groups is 1. The minimum absolute atomic E-state index is 0. The number of rotatable bonds is 9. The molecule has 0 unspecified atom stereocenters. The third kappa shape index (κ3) is 6.50. The summed E-state index contributed by atoms with van der Waals surface area (Å²) in [4.78, 5) is 4.70. The van der Waals surface area contributed by atoms with Gasteiger partial charge in [0.2, 0.25) is 0 Å². The van der Waals surface area contributed by atoms with Gasteiger partial charge in [-0.2, -0.15) is 0 Å². The van der Waals surface area contributed by atoms with Crippen LogP contribution in [0.4, 0.5) is 0 Å². The molecule has 1 aromatic carbocycles. The van der Waals surface area contributed by atoms with Gasteiger partial charge < -0.3 is 19.9 Å². The van der Waals surface area contributed by atoms with E-state index in [4.69, 9.17) is 9.73 Å². The molecular formula is C20H29IN6O. The summed E-state index contributed by atoms with van der Waals surface area (Å²) in [5.74, 6) is 4.08. The molecule has 0 bridgehead atoms. The molecule has 0 saturated heterocycles. The van der Waals surface area contributed by atoms with E-state index in [2.05, 4.69) is 33.5 Å². The number of aliphatic imine (C=N–C) groups is 1. The lowest BCUT2D eigenvalue weighted by molar-refractivity contribution is 0.297. The number of hydrogen-bond acceptors (Lipinski definition) is 4. The van der Waals surface area contributed by atoms with E-state index >= 15 is 0 Å². The Bertz CT molecular complexity index is 800. The number of nitrogens with one attached hydrogen (secondary N) is 2. The second-order valence-corrected chi connectivity index (χ2v) is 6.77. The van der Waals surface area contributed by atoms with Crippen molar-refractivity contribution in [3.8, 4) is 5.75 Å². The van der Waals surface area contributed by atoms with Crippen LogP contribution in [0.5, 0.6) is 5.75 Å². The number of aryl methyl sites for hydroxylation is 1. The maximum Gasteiger partial charge on any atom is 0.192 e. The van der Waals surface area contributed by atoms with Crippen LogP contribution in [0.25, 0.3) is 0 Å². The average molecular weight is 496 g/mol. The van der Waals surface area contributed by atoms with Crippen molar-refractivity contribution in [3.63, 3.8) is 0 Å². The van der Waals surface area contributed by atoms with Crippen LogP contribution in [0, 0.1) is 12.8 Å². The second kappa shape index (κ2) is 11.0. The Morgan fingerprint density at radius 2 is 2.11 bits per heavy atom. The second-order valence-electron chi connectivity index (χ2n) is 6.77. The van der Waals surface area contributed by atoms with Gasteiger partial charge in [-0.3, -0.25) is 0 Å². The number of hydrogen-bond donors (Lipinski definition) is 2. The summed E-state index contributed by atoms with van der Waals surface area (Å²) >= 11 is 0. The summed E-state index contributed by atoms with van der Waals surface area (Å²) < 4.78 is 7.93. The van der Waals surface area contributed by atoms with Crippen LogP contribution in [0.2, 0.25) is 0 Å². The summed E-state index contributed by atoms with van der Waals surface area (Å²) in [6.45, 7) is 8.19. The molecule has 3 rings (SSSR count). The Hall–Kier alpha value is -2.10. The van der Waals surface area contributed by atoms with Crippen molar-refractivity contribution in [1.29, 1.82) is 0 Å². The maximum atomic E-state index is 5.97. The van der Waals surface area contributed by atoms with Crippen LogP contribution in [0.15, 0.2) is 41.9 Å². The fourth-order valence-corrected chi connectivity index (χ4v) is 2.54. The largest absolute Gasteiger partial charge is 0.493 e. The molecule has 1 aromatic heterocycles. The first-order valence-electron chi connectivity index (χ1n) is 9.36. The predicted octanol–water partition coefficient (Wildman–Crippen LogP) is 2.95. The van der Waals surface area contributed by atoms with Crippen LogP contribution < -0.4 is 15.4 Å². The highest BCUT2D eigenvalue weighted by molar-refractivity contribution is 14.0. The molecular weight excluding hydrogens is 467 g/mol. The topological polar surface area (TPSA) is 76.4 Å². The molecule has 1 heterocycles. The Balaban J connectivity index is 0.00000280. The quantitative estimate of drug-likeness (QED) is 0.242. The third-order valence-electron chi connectivity index (χ3n) is 4.56. The summed E-state index contributed by atoms with van der Waals surface area (Å²) in [6.07, 6.45) is 4.36. The van der Waals surface area contributed by atoms with Crippen molar-refractivity contribution in [2.75, 3.05) is 13.2 Å². The zero-order valence-electron chi connectivity index (χ0n) is 16.5. The molecule has 7 nitrogen and oxygen atoms in total. The van der Waals surface area contributed by atoms with Gasteiger partial charge in [0.15, 0.2) is 11.8 Å². The molecule has 0 atom stereocenters. The van der Waals surface area contributed by atoms with Gasteiger partial charge in [-0.05, 0) is 31.7 Å². The lowest BCUT2D eigenvalue weighted by Crippen LogP contribution is -2.37. The van der Waals surface area contributed by atoms with E-state index in [1.54, 1.807) is 6.08 Å². The number of para-hydroxylation sites is 1. The van der Waals surface area contributed by atoms with Crippen LogP contribution in [0.3, 0.4) is 0 Å². The standard InChI is InChI=1S/C20H28N6O.HI/c1-4-11-21-20(23-13-19-25-24-15(2)26(19)3)22-12-17-7-5-6-8-18(17)27-14-16-9-10-16;/h4-8,16H,1,9-14H2,2-3H3,(H2,21,22,23);1H. The molecule has 2 N–H and O–H groups in total. The average Bonchev–Trinajstić information content (AvgIpc) is 3.46. The van der Waals surface area contributed by atoms with Gasteiger partial charge in [-0.25, -0.2) is 4.99 Å². The van der Waals surface area contributed by atoms with Gasteiger partial charge >= 0.3 is 0 Å². The van der Waals surface area contributed by atoms with Gasteiger partial charge in [0.1, 0.15) is 11.6 Å². The van der Waals surface area contributed by atoms with E-state index in [-0.39, 0.29) is 24.0 Å². The minimum Gasteiger partial charge on any atom is -0.493 e. The maximum absolute atomic E-state index is 5.97. The first-order valence-corrected chi connectivity index (χ1v) is 9.36. The highest BCUT2D eigenvalue weighted by Gasteiger charge is 2.22. The smallest absolute Gasteiger partial charge is 0.192 e. The summed E-state index contributed by atoms with van der Waals surface area (Å²) in [5.41, 5.74) is 1.08. The Morgan fingerprint density at radius 1 is 1.32 bits per heavy atom. The third-order valence-corrected chi connectivity index (χ3v) is 4.56. The Morgan fingerprint density at radius 3 is 2.79 bits per heavy atom. The highest BCUT2D eigenvalue weighted by atomic mass is 127.